The molecule has 108 valence electrons. The average Bonchev–Trinajstić information content (AvgIpc) is 2.81. The van der Waals surface area contributed by atoms with Gasteiger partial charge in [0.15, 0.2) is 0 Å². The van der Waals surface area contributed by atoms with Crippen LogP contribution in [0.25, 0.3) is 0 Å². The third-order valence-electron chi connectivity index (χ3n) is 3.56. The van der Waals surface area contributed by atoms with E-state index in [-0.39, 0.29) is 5.75 Å². The maximum Gasteiger partial charge on any atom is 0.211 e. The van der Waals surface area contributed by atoms with Gasteiger partial charge in [0, 0.05) is 23.8 Å². The largest absolute Gasteiger partial charge is 0.314 e. The van der Waals surface area contributed by atoms with Crippen LogP contribution in [-0.4, -0.2) is 37.0 Å². The number of aryl methyl sites for hydroxylation is 1. The van der Waals surface area contributed by atoms with Crippen LogP contribution in [0.2, 0.25) is 0 Å². The van der Waals surface area contributed by atoms with E-state index in [1.807, 2.05) is 6.92 Å². The molecule has 2 rings (SSSR count). The van der Waals surface area contributed by atoms with Gasteiger partial charge in [-0.3, -0.25) is 5.10 Å². The normalized spacial score (nSPS) is 20.6. The van der Waals surface area contributed by atoms with Crippen LogP contribution >= 0.6 is 0 Å². The number of sulfonamides is 1. The highest BCUT2D eigenvalue weighted by molar-refractivity contribution is 7.89. The van der Waals surface area contributed by atoms with Crippen molar-refractivity contribution in [2.75, 3.05) is 12.3 Å². The highest BCUT2D eigenvalue weighted by Crippen LogP contribution is 2.11. The Morgan fingerprint density at radius 1 is 1.47 bits per heavy atom. The van der Waals surface area contributed by atoms with Crippen molar-refractivity contribution in [3.05, 3.63) is 17.5 Å². The zero-order valence-electron chi connectivity index (χ0n) is 11.3. The molecule has 1 saturated heterocycles. The summed E-state index contributed by atoms with van der Waals surface area (Å²) in [7, 11) is -3.21. The Kier molecular flexibility index (Phi) is 4.95. The molecular formula is C12H22N4O2S. The number of nitrogens with one attached hydrogen (secondary N) is 3. The molecule has 1 atom stereocenters. The lowest BCUT2D eigenvalue weighted by Crippen LogP contribution is -2.37. The molecule has 1 aliphatic rings. The minimum absolute atomic E-state index is 0.182. The summed E-state index contributed by atoms with van der Waals surface area (Å²) in [6, 6.07) is 0.348. The predicted molar refractivity (Wildman–Crippen MR) is 74.2 cm³/mol. The van der Waals surface area contributed by atoms with Crippen molar-refractivity contribution in [2.45, 2.75) is 45.2 Å². The molecule has 1 unspecified atom stereocenters. The lowest BCUT2D eigenvalue weighted by Gasteiger charge is -2.23. The van der Waals surface area contributed by atoms with E-state index in [1.165, 1.54) is 12.8 Å². The van der Waals surface area contributed by atoms with E-state index in [0.29, 0.717) is 19.0 Å². The van der Waals surface area contributed by atoms with Gasteiger partial charge in [-0.15, -0.1) is 0 Å². The second kappa shape index (κ2) is 6.49. The number of nitrogens with zero attached hydrogens (tertiary/aromatic N) is 1. The topological polar surface area (TPSA) is 86.9 Å². The Balaban J connectivity index is 1.76. The van der Waals surface area contributed by atoms with E-state index >= 15 is 0 Å². The molecule has 19 heavy (non-hydrogen) atoms. The van der Waals surface area contributed by atoms with Crippen LogP contribution in [0.1, 0.15) is 36.9 Å². The van der Waals surface area contributed by atoms with E-state index in [1.54, 1.807) is 6.20 Å². The summed E-state index contributed by atoms with van der Waals surface area (Å²) in [5.74, 6) is 0.182. The molecule has 0 aliphatic carbocycles. The molecule has 2 heterocycles. The first kappa shape index (κ1) is 14.5. The van der Waals surface area contributed by atoms with Gasteiger partial charge in [0.05, 0.1) is 11.9 Å². The summed E-state index contributed by atoms with van der Waals surface area (Å²) in [4.78, 5) is 0. The van der Waals surface area contributed by atoms with Gasteiger partial charge >= 0.3 is 0 Å². The molecule has 0 spiro atoms. The number of piperidine rings is 1. The number of rotatable bonds is 6. The molecule has 0 amide bonds. The molecule has 1 aromatic heterocycles. The van der Waals surface area contributed by atoms with Gasteiger partial charge in [-0.25, -0.2) is 13.1 Å². The Morgan fingerprint density at radius 2 is 2.32 bits per heavy atom. The smallest absolute Gasteiger partial charge is 0.211 e. The molecule has 1 aromatic rings. The lowest BCUT2D eigenvalue weighted by atomic mass is 10.0. The summed E-state index contributed by atoms with van der Waals surface area (Å²) in [6.07, 6.45) is 5.80. The van der Waals surface area contributed by atoms with Crippen molar-refractivity contribution in [2.24, 2.45) is 0 Å². The van der Waals surface area contributed by atoms with E-state index in [4.69, 9.17) is 0 Å². The molecule has 7 heteroatoms. The third-order valence-corrected chi connectivity index (χ3v) is 4.92. The first-order valence-electron chi connectivity index (χ1n) is 6.76. The highest BCUT2D eigenvalue weighted by atomic mass is 32.2. The van der Waals surface area contributed by atoms with Gasteiger partial charge in [0.2, 0.25) is 10.0 Å². The lowest BCUT2D eigenvalue weighted by molar-refractivity contribution is 0.392. The summed E-state index contributed by atoms with van der Waals surface area (Å²) in [5.41, 5.74) is 1.79. The second-order valence-corrected chi connectivity index (χ2v) is 7.02. The number of aromatic amines is 1. The molecule has 3 N–H and O–H groups in total. The number of hydrogen-bond donors (Lipinski definition) is 3. The summed E-state index contributed by atoms with van der Waals surface area (Å²) in [6.45, 7) is 3.19. The van der Waals surface area contributed by atoms with Crippen LogP contribution in [0.4, 0.5) is 0 Å². The van der Waals surface area contributed by atoms with Crippen LogP contribution in [0.3, 0.4) is 0 Å². The molecule has 0 saturated carbocycles. The Bertz CT molecular complexity index is 492. The van der Waals surface area contributed by atoms with Crippen molar-refractivity contribution in [3.8, 4) is 0 Å². The van der Waals surface area contributed by atoms with E-state index in [9.17, 15) is 8.42 Å². The van der Waals surface area contributed by atoms with E-state index in [0.717, 1.165) is 24.2 Å². The number of hydrogen-bond acceptors (Lipinski definition) is 4. The maximum atomic E-state index is 11.9. The average molecular weight is 286 g/mol. The fourth-order valence-electron chi connectivity index (χ4n) is 2.28. The molecular weight excluding hydrogens is 264 g/mol. The van der Waals surface area contributed by atoms with Gasteiger partial charge < -0.3 is 5.32 Å². The number of aromatic nitrogens is 2. The van der Waals surface area contributed by atoms with Crippen LogP contribution in [0, 0.1) is 6.92 Å². The van der Waals surface area contributed by atoms with Crippen molar-refractivity contribution < 1.29 is 8.42 Å². The molecule has 0 radical (unpaired) electrons. The summed E-state index contributed by atoms with van der Waals surface area (Å²) in [5, 5.41) is 10.0. The molecule has 0 aromatic carbocycles. The van der Waals surface area contributed by atoms with Crippen LogP contribution < -0.4 is 10.0 Å². The first-order chi connectivity index (χ1) is 9.07. The minimum atomic E-state index is -3.21. The van der Waals surface area contributed by atoms with Gasteiger partial charge in [-0.05, 0) is 32.7 Å². The quantitative estimate of drug-likeness (QED) is 0.717. The fraction of sp³-hybridized carbons (Fsp3) is 0.750. The van der Waals surface area contributed by atoms with Gasteiger partial charge in [0.1, 0.15) is 0 Å². The predicted octanol–water partition coefficient (Wildman–Crippen LogP) is 0.670. The van der Waals surface area contributed by atoms with Crippen LogP contribution in [0.15, 0.2) is 6.20 Å². The molecule has 1 fully saturated rings. The van der Waals surface area contributed by atoms with Crippen molar-refractivity contribution in [3.63, 3.8) is 0 Å². The monoisotopic (exact) mass is 286 g/mol. The zero-order chi connectivity index (χ0) is 13.7. The maximum absolute atomic E-state index is 11.9. The Hall–Kier alpha value is -0.920. The van der Waals surface area contributed by atoms with Gasteiger partial charge in [0.25, 0.3) is 0 Å². The third kappa shape index (κ3) is 4.59. The molecule has 0 bridgehead atoms. The van der Waals surface area contributed by atoms with E-state index < -0.39 is 10.0 Å². The van der Waals surface area contributed by atoms with Crippen molar-refractivity contribution >= 4 is 10.0 Å². The standard InChI is InChI=1S/C12H22N4O2S/c1-10-11(8-14-16-10)9-15-19(17,18)7-5-12-4-2-3-6-13-12/h8,12-13,15H,2-7,9H2,1H3,(H,14,16). The van der Waals surface area contributed by atoms with Crippen LogP contribution in [-0.2, 0) is 16.6 Å². The Morgan fingerprint density at radius 3 is 2.95 bits per heavy atom. The SMILES string of the molecule is Cc1[nH]ncc1CNS(=O)(=O)CCC1CCCCN1. The highest BCUT2D eigenvalue weighted by Gasteiger charge is 2.17. The minimum Gasteiger partial charge on any atom is -0.314 e. The number of H-pyrrole nitrogens is 1. The summed E-state index contributed by atoms with van der Waals surface area (Å²) < 4.78 is 26.4. The van der Waals surface area contributed by atoms with Crippen molar-refractivity contribution in [1.82, 2.24) is 20.2 Å². The second-order valence-electron chi connectivity index (χ2n) is 5.10. The van der Waals surface area contributed by atoms with Gasteiger partial charge in [-0.1, -0.05) is 6.42 Å². The van der Waals surface area contributed by atoms with E-state index in [2.05, 4.69) is 20.2 Å². The summed E-state index contributed by atoms with van der Waals surface area (Å²) >= 11 is 0. The van der Waals surface area contributed by atoms with Crippen molar-refractivity contribution in [1.29, 1.82) is 0 Å². The zero-order valence-corrected chi connectivity index (χ0v) is 12.1. The molecule has 6 nitrogen and oxygen atoms in total. The Labute approximate surface area is 114 Å². The van der Waals surface area contributed by atoms with Gasteiger partial charge in [-0.2, -0.15) is 5.10 Å². The fourth-order valence-corrected chi connectivity index (χ4v) is 3.40. The molecule has 1 aliphatic heterocycles. The van der Waals surface area contributed by atoms with Crippen LogP contribution in [0.5, 0.6) is 0 Å². The first-order valence-corrected chi connectivity index (χ1v) is 8.41.